The van der Waals surface area contributed by atoms with Crippen molar-refractivity contribution in [3.63, 3.8) is 0 Å². The van der Waals surface area contributed by atoms with Gasteiger partial charge in [0.1, 0.15) is 0 Å². The molecular formula is C11H12BrN3S. The molecule has 1 aliphatic heterocycles. The molecule has 16 heavy (non-hydrogen) atoms. The highest BCUT2D eigenvalue weighted by Crippen LogP contribution is 2.33. The maximum atomic E-state index is 6.01. The summed E-state index contributed by atoms with van der Waals surface area (Å²) in [6.07, 6.45) is 1.19. The summed E-state index contributed by atoms with van der Waals surface area (Å²) in [7, 11) is 0. The molecule has 84 valence electrons. The molecule has 1 aromatic carbocycles. The van der Waals surface area contributed by atoms with Gasteiger partial charge in [-0.3, -0.25) is 0 Å². The molecule has 0 saturated carbocycles. The van der Waals surface area contributed by atoms with E-state index < -0.39 is 0 Å². The lowest BCUT2D eigenvalue weighted by Crippen LogP contribution is -2.10. The van der Waals surface area contributed by atoms with Crippen LogP contribution in [0.15, 0.2) is 22.7 Å². The quantitative estimate of drug-likeness (QED) is 0.880. The van der Waals surface area contributed by atoms with Crippen LogP contribution in [0.2, 0.25) is 0 Å². The first-order valence-electron chi connectivity index (χ1n) is 5.26. The standard InChI is InChI=1S/C11H12BrN3S/c12-7-1-2-9-10(5-7)15(11(13)14-9)8-3-4-16-6-8/h1-2,5,8H,3-4,6H2,(H2,13,14). The Kier molecular flexibility index (Phi) is 2.59. The number of fused-ring (bicyclic) bond motifs is 1. The molecule has 1 unspecified atom stereocenters. The fraction of sp³-hybridized carbons (Fsp3) is 0.364. The zero-order valence-corrected chi connectivity index (χ0v) is 11.1. The van der Waals surface area contributed by atoms with E-state index in [1.54, 1.807) is 0 Å². The first-order chi connectivity index (χ1) is 7.75. The van der Waals surface area contributed by atoms with Gasteiger partial charge in [0.25, 0.3) is 0 Å². The van der Waals surface area contributed by atoms with Crippen molar-refractivity contribution in [3.05, 3.63) is 22.7 Å². The molecule has 0 radical (unpaired) electrons. The normalized spacial score (nSPS) is 20.7. The second-order valence-corrected chi connectivity index (χ2v) is 6.06. The third-order valence-electron chi connectivity index (χ3n) is 2.95. The molecule has 0 amide bonds. The molecule has 1 aromatic heterocycles. The van der Waals surface area contributed by atoms with E-state index in [2.05, 4.69) is 31.5 Å². The molecule has 2 heterocycles. The van der Waals surface area contributed by atoms with E-state index in [-0.39, 0.29) is 0 Å². The highest BCUT2D eigenvalue weighted by molar-refractivity contribution is 9.10. The summed E-state index contributed by atoms with van der Waals surface area (Å²) < 4.78 is 3.26. The molecular weight excluding hydrogens is 286 g/mol. The fourth-order valence-corrected chi connectivity index (χ4v) is 3.74. The number of imidazole rings is 1. The summed E-state index contributed by atoms with van der Waals surface area (Å²) >= 11 is 5.48. The third kappa shape index (κ3) is 1.62. The zero-order valence-electron chi connectivity index (χ0n) is 8.69. The minimum atomic E-state index is 0.504. The Morgan fingerprint density at radius 2 is 2.38 bits per heavy atom. The van der Waals surface area contributed by atoms with Gasteiger partial charge in [0.15, 0.2) is 0 Å². The SMILES string of the molecule is Nc1nc2ccc(Br)cc2n1C1CCSC1. The number of nitrogens with zero attached hydrogens (tertiary/aromatic N) is 2. The molecule has 3 nitrogen and oxygen atoms in total. The number of benzene rings is 1. The minimum Gasteiger partial charge on any atom is -0.369 e. The summed E-state index contributed by atoms with van der Waals surface area (Å²) in [6, 6.07) is 6.61. The van der Waals surface area contributed by atoms with Gasteiger partial charge in [-0.2, -0.15) is 11.8 Å². The van der Waals surface area contributed by atoms with Gasteiger partial charge in [-0.1, -0.05) is 15.9 Å². The van der Waals surface area contributed by atoms with Crippen molar-refractivity contribution in [3.8, 4) is 0 Å². The second-order valence-electron chi connectivity index (χ2n) is 3.99. The monoisotopic (exact) mass is 297 g/mol. The Morgan fingerprint density at radius 3 is 3.12 bits per heavy atom. The van der Waals surface area contributed by atoms with Crippen molar-refractivity contribution >= 4 is 44.7 Å². The Hall–Kier alpha value is -0.680. The number of aromatic nitrogens is 2. The van der Waals surface area contributed by atoms with E-state index in [0.717, 1.165) is 21.3 Å². The summed E-state index contributed by atoms with van der Waals surface area (Å²) in [5.74, 6) is 3.00. The van der Waals surface area contributed by atoms with Crippen molar-refractivity contribution in [2.45, 2.75) is 12.5 Å². The first-order valence-corrected chi connectivity index (χ1v) is 7.21. The molecule has 2 aromatic rings. The zero-order chi connectivity index (χ0) is 11.1. The number of nitrogens with two attached hydrogens (primary N) is 1. The molecule has 2 N–H and O–H groups in total. The van der Waals surface area contributed by atoms with Crippen LogP contribution in [-0.2, 0) is 0 Å². The summed E-state index contributed by atoms with van der Waals surface area (Å²) in [6.45, 7) is 0. The maximum absolute atomic E-state index is 6.01. The van der Waals surface area contributed by atoms with Crippen LogP contribution >= 0.6 is 27.7 Å². The van der Waals surface area contributed by atoms with Crippen LogP contribution in [-0.4, -0.2) is 21.1 Å². The number of hydrogen-bond donors (Lipinski definition) is 1. The maximum Gasteiger partial charge on any atom is 0.201 e. The van der Waals surface area contributed by atoms with Gasteiger partial charge in [0.05, 0.1) is 11.0 Å². The van der Waals surface area contributed by atoms with Gasteiger partial charge in [0, 0.05) is 16.3 Å². The Morgan fingerprint density at radius 1 is 1.50 bits per heavy atom. The predicted molar refractivity (Wildman–Crippen MR) is 72.8 cm³/mol. The van der Waals surface area contributed by atoms with Crippen molar-refractivity contribution in [2.75, 3.05) is 17.2 Å². The largest absolute Gasteiger partial charge is 0.369 e. The van der Waals surface area contributed by atoms with Crippen LogP contribution < -0.4 is 5.73 Å². The van der Waals surface area contributed by atoms with Crippen molar-refractivity contribution in [1.82, 2.24) is 9.55 Å². The van der Waals surface area contributed by atoms with Crippen molar-refractivity contribution in [2.24, 2.45) is 0 Å². The van der Waals surface area contributed by atoms with Crippen LogP contribution in [0.4, 0.5) is 5.95 Å². The van der Waals surface area contributed by atoms with Gasteiger partial charge < -0.3 is 10.3 Å². The molecule has 0 spiro atoms. The fourth-order valence-electron chi connectivity index (χ4n) is 2.19. The topological polar surface area (TPSA) is 43.8 Å². The molecule has 0 aliphatic carbocycles. The van der Waals surface area contributed by atoms with Crippen molar-refractivity contribution < 1.29 is 0 Å². The van der Waals surface area contributed by atoms with E-state index >= 15 is 0 Å². The smallest absolute Gasteiger partial charge is 0.201 e. The van der Waals surface area contributed by atoms with Crippen molar-refractivity contribution in [1.29, 1.82) is 0 Å². The summed E-state index contributed by atoms with van der Waals surface area (Å²) in [4.78, 5) is 4.41. The molecule has 1 saturated heterocycles. The third-order valence-corrected chi connectivity index (χ3v) is 4.59. The molecule has 5 heteroatoms. The summed E-state index contributed by atoms with van der Waals surface area (Å²) in [5.41, 5.74) is 8.13. The summed E-state index contributed by atoms with van der Waals surface area (Å²) in [5, 5.41) is 0. The van der Waals surface area contributed by atoms with Gasteiger partial charge in [-0.15, -0.1) is 0 Å². The van der Waals surface area contributed by atoms with E-state index in [9.17, 15) is 0 Å². The lowest BCUT2D eigenvalue weighted by molar-refractivity contribution is 0.583. The molecule has 1 aliphatic rings. The van der Waals surface area contributed by atoms with Gasteiger partial charge in [-0.05, 0) is 30.4 Å². The van der Waals surface area contributed by atoms with Gasteiger partial charge >= 0.3 is 0 Å². The van der Waals surface area contributed by atoms with E-state index in [4.69, 9.17) is 5.73 Å². The van der Waals surface area contributed by atoms with Crippen LogP contribution in [0.1, 0.15) is 12.5 Å². The highest BCUT2D eigenvalue weighted by Gasteiger charge is 2.21. The lowest BCUT2D eigenvalue weighted by atomic mass is 10.2. The Balaban J connectivity index is 2.20. The minimum absolute atomic E-state index is 0.504. The number of rotatable bonds is 1. The number of nitrogen functional groups attached to an aromatic ring is 1. The van der Waals surface area contributed by atoms with Gasteiger partial charge in [0.2, 0.25) is 5.95 Å². The average molecular weight is 298 g/mol. The van der Waals surface area contributed by atoms with Crippen LogP contribution in [0, 0.1) is 0 Å². The van der Waals surface area contributed by atoms with Crippen LogP contribution in [0.3, 0.4) is 0 Å². The first kappa shape index (κ1) is 10.5. The Bertz CT molecular complexity index is 531. The van der Waals surface area contributed by atoms with E-state index in [1.807, 2.05) is 23.9 Å². The molecule has 1 atom stereocenters. The highest BCUT2D eigenvalue weighted by atomic mass is 79.9. The second kappa shape index (κ2) is 3.96. The predicted octanol–water partition coefficient (Wildman–Crippen LogP) is 3.06. The van der Waals surface area contributed by atoms with Gasteiger partial charge in [-0.25, -0.2) is 4.98 Å². The van der Waals surface area contributed by atoms with E-state index in [0.29, 0.717) is 12.0 Å². The van der Waals surface area contributed by atoms with Crippen LogP contribution in [0.25, 0.3) is 11.0 Å². The molecule has 0 bridgehead atoms. The lowest BCUT2D eigenvalue weighted by Gasteiger charge is -2.13. The molecule has 1 fully saturated rings. The molecule has 3 rings (SSSR count). The Labute approximate surface area is 107 Å². The van der Waals surface area contributed by atoms with Crippen LogP contribution in [0.5, 0.6) is 0 Å². The number of halogens is 1. The van der Waals surface area contributed by atoms with E-state index in [1.165, 1.54) is 12.2 Å². The number of hydrogen-bond acceptors (Lipinski definition) is 3. The number of thioether (sulfide) groups is 1. The number of anilines is 1. The average Bonchev–Trinajstić information content (AvgIpc) is 2.83.